The third-order valence-corrected chi connectivity index (χ3v) is 3.96. The quantitative estimate of drug-likeness (QED) is 0.700. The molecule has 0 saturated heterocycles. The number of carbonyl (C=O) groups is 2. The van der Waals surface area contributed by atoms with Crippen LogP contribution in [0, 0.1) is 13.8 Å². The number of amides is 2. The molecule has 0 aliphatic rings. The number of imidazole rings is 1. The zero-order valence-corrected chi connectivity index (χ0v) is 15.3. The predicted octanol–water partition coefficient (Wildman–Crippen LogP) is 1.93. The van der Waals surface area contributed by atoms with Crippen molar-refractivity contribution in [2.24, 2.45) is 0 Å². The van der Waals surface area contributed by atoms with Gasteiger partial charge in [-0.25, -0.2) is 9.97 Å². The van der Waals surface area contributed by atoms with Crippen LogP contribution in [0.5, 0.6) is 0 Å². The summed E-state index contributed by atoms with van der Waals surface area (Å²) in [5, 5.41) is 5.41. The van der Waals surface area contributed by atoms with E-state index in [4.69, 9.17) is 0 Å². The van der Waals surface area contributed by atoms with Gasteiger partial charge >= 0.3 is 0 Å². The minimum atomic E-state index is -0.261. The van der Waals surface area contributed by atoms with E-state index in [-0.39, 0.29) is 18.4 Å². The monoisotopic (exact) mass is 363 g/mol. The molecule has 138 valence electrons. The first-order valence-electron chi connectivity index (χ1n) is 8.58. The molecular weight excluding hydrogens is 342 g/mol. The summed E-state index contributed by atoms with van der Waals surface area (Å²) >= 11 is 0. The van der Waals surface area contributed by atoms with Crippen molar-refractivity contribution in [3.8, 4) is 5.82 Å². The van der Waals surface area contributed by atoms with Crippen LogP contribution in [0.2, 0.25) is 0 Å². The molecule has 2 heterocycles. The molecule has 27 heavy (non-hydrogen) atoms. The maximum Gasteiger partial charge on any atom is 0.251 e. The number of aryl methyl sites for hydroxylation is 2. The van der Waals surface area contributed by atoms with Crippen LogP contribution < -0.4 is 10.6 Å². The van der Waals surface area contributed by atoms with E-state index in [2.05, 4.69) is 20.6 Å². The van der Waals surface area contributed by atoms with Gasteiger partial charge in [-0.2, -0.15) is 0 Å². The molecule has 0 saturated carbocycles. The molecule has 0 spiro atoms. The van der Waals surface area contributed by atoms with Gasteiger partial charge < -0.3 is 10.6 Å². The smallest absolute Gasteiger partial charge is 0.251 e. The van der Waals surface area contributed by atoms with Crippen molar-refractivity contribution >= 4 is 11.8 Å². The van der Waals surface area contributed by atoms with Crippen LogP contribution in [0.1, 0.15) is 27.0 Å². The Morgan fingerprint density at radius 3 is 2.48 bits per heavy atom. The number of hydrogen-bond donors (Lipinski definition) is 2. The zero-order chi connectivity index (χ0) is 19.2. The molecule has 0 aliphatic heterocycles. The first kappa shape index (κ1) is 18.3. The minimum Gasteiger partial charge on any atom is -0.350 e. The normalized spacial score (nSPS) is 10.4. The molecule has 1 aromatic carbocycles. The summed E-state index contributed by atoms with van der Waals surface area (Å²) in [5.74, 6) is 0.234. The van der Waals surface area contributed by atoms with Crippen LogP contribution in [-0.4, -0.2) is 32.9 Å². The molecule has 7 nitrogen and oxygen atoms in total. The van der Waals surface area contributed by atoms with Gasteiger partial charge in [0.05, 0.1) is 6.54 Å². The maximum absolute atomic E-state index is 12.2. The van der Waals surface area contributed by atoms with Crippen LogP contribution in [0.3, 0.4) is 0 Å². The number of carbonyl (C=O) groups excluding carboxylic acids is 2. The van der Waals surface area contributed by atoms with Crippen LogP contribution in [0.25, 0.3) is 5.82 Å². The number of nitrogens with one attached hydrogen (secondary N) is 2. The molecular formula is C20H21N5O2. The summed E-state index contributed by atoms with van der Waals surface area (Å²) in [6, 6.07) is 9.33. The number of benzene rings is 1. The highest BCUT2D eigenvalue weighted by molar-refractivity contribution is 5.96. The molecule has 0 aliphatic carbocycles. The van der Waals surface area contributed by atoms with E-state index >= 15 is 0 Å². The van der Waals surface area contributed by atoms with Gasteiger partial charge in [-0.15, -0.1) is 0 Å². The Morgan fingerprint density at radius 2 is 1.85 bits per heavy atom. The fourth-order valence-corrected chi connectivity index (χ4v) is 2.70. The van der Waals surface area contributed by atoms with Crippen LogP contribution in [0.4, 0.5) is 0 Å². The van der Waals surface area contributed by atoms with Crippen molar-refractivity contribution in [1.29, 1.82) is 0 Å². The lowest BCUT2D eigenvalue weighted by atomic mass is 10.1. The number of nitrogens with zero attached hydrogens (tertiary/aromatic N) is 3. The van der Waals surface area contributed by atoms with Gasteiger partial charge in [-0.1, -0.05) is 23.3 Å². The van der Waals surface area contributed by atoms with Crippen molar-refractivity contribution in [2.75, 3.05) is 6.54 Å². The van der Waals surface area contributed by atoms with Gasteiger partial charge in [0, 0.05) is 30.7 Å². The number of aromatic nitrogens is 3. The average molecular weight is 363 g/mol. The van der Waals surface area contributed by atoms with Gasteiger partial charge in [-0.3, -0.25) is 14.2 Å². The summed E-state index contributed by atoms with van der Waals surface area (Å²) in [5.41, 5.74) is 3.44. The van der Waals surface area contributed by atoms with Gasteiger partial charge in [0.2, 0.25) is 5.91 Å². The Bertz CT molecular complexity index is 913. The molecule has 0 bridgehead atoms. The Hall–Kier alpha value is -3.48. The van der Waals surface area contributed by atoms with E-state index in [1.54, 1.807) is 35.4 Å². The second kappa shape index (κ2) is 8.27. The second-order valence-electron chi connectivity index (χ2n) is 6.33. The summed E-state index contributed by atoms with van der Waals surface area (Å²) in [4.78, 5) is 32.5. The SMILES string of the molecule is Cc1cc(C)cc(C(=O)NCC(=O)NCc2ccc(-n3ccnc3)nc2)c1. The third kappa shape index (κ3) is 5.01. The van der Waals surface area contributed by atoms with E-state index in [9.17, 15) is 9.59 Å². The molecule has 0 radical (unpaired) electrons. The van der Waals surface area contributed by atoms with Crippen LogP contribution in [0.15, 0.2) is 55.2 Å². The standard InChI is InChI=1S/C20H21N5O2/c1-14-7-15(2)9-17(8-14)20(27)24-12-19(26)23-11-16-3-4-18(22-10-16)25-6-5-21-13-25/h3-10,13H,11-12H2,1-2H3,(H,23,26)(H,24,27). The summed E-state index contributed by atoms with van der Waals surface area (Å²) < 4.78 is 1.80. The lowest BCUT2D eigenvalue weighted by Gasteiger charge is -2.09. The molecule has 2 amide bonds. The Balaban J connectivity index is 1.47. The average Bonchev–Trinajstić information content (AvgIpc) is 3.19. The second-order valence-corrected chi connectivity index (χ2v) is 6.33. The van der Waals surface area contributed by atoms with E-state index in [1.807, 2.05) is 38.2 Å². The van der Waals surface area contributed by atoms with Gasteiger partial charge in [0.25, 0.3) is 5.91 Å². The predicted molar refractivity (Wildman–Crippen MR) is 101 cm³/mol. The molecule has 3 rings (SSSR count). The first-order valence-corrected chi connectivity index (χ1v) is 8.58. The first-order chi connectivity index (χ1) is 13.0. The lowest BCUT2D eigenvalue weighted by Crippen LogP contribution is -2.36. The van der Waals surface area contributed by atoms with Crippen molar-refractivity contribution in [3.05, 3.63) is 77.5 Å². The van der Waals surface area contributed by atoms with Gasteiger partial charge in [0.1, 0.15) is 12.1 Å². The summed E-state index contributed by atoms with van der Waals surface area (Å²) in [6.07, 6.45) is 6.86. The fraction of sp³-hybridized carbons (Fsp3) is 0.200. The molecule has 2 N–H and O–H groups in total. The Labute approximate surface area is 157 Å². The highest BCUT2D eigenvalue weighted by Gasteiger charge is 2.09. The molecule has 0 unspecified atom stereocenters. The maximum atomic E-state index is 12.2. The molecule has 0 fully saturated rings. The molecule has 2 aromatic heterocycles. The van der Waals surface area contributed by atoms with Crippen molar-refractivity contribution in [2.45, 2.75) is 20.4 Å². The van der Waals surface area contributed by atoms with Crippen molar-refractivity contribution < 1.29 is 9.59 Å². The third-order valence-electron chi connectivity index (χ3n) is 3.96. The van der Waals surface area contributed by atoms with Crippen LogP contribution in [-0.2, 0) is 11.3 Å². The molecule has 7 heteroatoms. The van der Waals surface area contributed by atoms with E-state index < -0.39 is 0 Å². The van der Waals surface area contributed by atoms with Crippen molar-refractivity contribution in [3.63, 3.8) is 0 Å². The number of hydrogen-bond acceptors (Lipinski definition) is 4. The fourth-order valence-electron chi connectivity index (χ4n) is 2.70. The van der Waals surface area contributed by atoms with E-state index in [0.29, 0.717) is 12.1 Å². The van der Waals surface area contributed by atoms with E-state index in [0.717, 1.165) is 22.5 Å². The highest BCUT2D eigenvalue weighted by atomic mass is 16.2. The summed E-state index contributed by atoms with van der Waals surface area (Å²) in [6.45, 7) is 4.13. The zero-order valence-electron chi connectivity index (χ0n) is 15.3. The lowest BCUT2D eigenvalue weighted by molar-refractivity contribution is -0.120. The molecule has 0 atom stereocenters. The number of rotatable bonds is 6. The largest absolute Gasteiger partial charge is 0.350 e. The Kier molecular flexibility index (Phi) is 5.61. The Morgan fingerprint density at radius 1 is 1.07 bits per heavy atom. The topological polar surface area (TPSA) is 88.9 Å². The minimum absolute atomic E-state index is 0.0770. The molecule has 3 aromatic rings. The van der Waals surface area contributed by atoms with Crippen LogP contribution >= 0.6 is 0 Å². The summed E-state index contributed by atoms with van der Waals surface area (Å²) in [7, 11) is 0. The van der Waals surface area contributed by atoms with Crippen molar-refractivity contribution in [1.82, 2.24) is 25.2 Å². The van der Waals surface area contributed by atoms with Gasteiger partial charge in [0.15, 0.2) is 0 Å². The number of pyridine rings is 1. The van der Waals surface area contributed by atoms with Gasteiger partial charge in [-0.05, 0) is 37.6 Å². The van der Waals surface area contributed by atoms with E-state index in [1.165, 1.54) is 0 Å². The highest BCUT2D eigenvalue weighted by Crippen LogP contribution is 2.08.